The topological polar surface area (TPSA) is 42.0 Å². The zero-order chi connectivity index (χ0) is 14.1. The Morgan fingerprint density at radius 2 is 1.52 bits per heavy atom. The fourth-order valence-corrected chi connectivity index (χ4v) is 1.82. The maximum absolute atomic E-state index is 7.21. The molecular weight excluding hydrogens is 444 g/mol. The Kier molecular flexibility index (Phi) is 4.45. The molecule has 0 fully saturated rings. The van der Waals surface area contributed by atoms with Crippen LogP contribution < -0.4 is 10.0 Å². The molecule has 0 atom stereocenters. The van der Waals surface area contributed by atoms with Crippen molar-refractivity contribution < 1.29 is 19.8 Å². The molecule has 110 valence electrons. The Morgan fingerprint density at radius 3 is 1.86 bits per heavy atom. The molecule has 1 aromatic rings. The third-order valence-electron chi connectivity index (χ3n) is 2.75. The summed E-state index contributed by atoms with van der Waals surface area (Å²) < 4.78 is 0. The third-order valence-corrected chi connectivity index (χ3v) is 2.75. The van der Waals surface area contributed by atoms with E-state index in [-0.39, 0.29) is 19.8 Å². The quantitative estimate of drug-likeness (QED) is 0.635. The van der Waals surface area contributed by atoms with E-state index >= 15 is 0 Å². The zero-order valence-electron chi connectivity index (χ0n) is 11.4. The molecule has 2 heterocycles. The standard InChI is InChI=1S/C13H12N7.Os/c1-14-11-4-12(19-9-17(2)7-15-19)6-13(5-11)20-10-18(3)8-16-20;/h4-5,7-10H,2-3H3;/q-3;. The predicted molar refractivity (Wildman–Crippen MR) is 77.6 cm³/mol. The third kappa shape index (κ3) is 3.14. The molecule has 21 heavy (non-hydrogen) atoms. The molecule has 0 bridgehead atoms. The van der Waals surface area contributed by atoms with Crippen LogP contribution in [0, 0.1) is 26.0 Å². The largest absolute Gasteiger partial charge is 0.493 e. The summed E-state index contributed by atoms with van der Waals surface area (Å²) in [6.07, 6.45) is 3.37. The van der Waals surface area contributed by atoms with Gasteiger partial charge in [0, 0.05) is 19.8 Å². The number of rotatable bonds is 2. The zero-order valence-corrected chi connectivity index (χ0v) is 14.0. The molecule has 2 aliphatic rings. The number of hydrazone groups is 2. The maximum Gasteiger partial charge on any atom is 0.0899 e. The normalized spacial score (nSPS) is 16.4. The van der Waals surface area contributed by atoms with Crippen LogP contribution in [0.1, 0.15) is 0 Å². The van der Waals surface area contributed by atoms with Crippen LogP contribution in [0.25, 0.3) is 4.85 Å². The molecule has 0 saturated heterocycles. The van der Waals surface area contributed by atoms with Crippen molar-refractivity contribution >= 4 is 29.7 Å². The minimum Gasteiger partial charge on any atom is -0.493 e. The van der Waals surface area contributed by atoms with Gasteiger partial charge in [0.05, 0.1) is 24.9 Å². The van der Waals surface area contributed by atoms with Crippen LogP contribution in [0.3, 0.4) is 0 Å². The Balaban J connectivity index is 0.00000161. The van der Waals surface area contributed by atoms with Gasteiger partial charge in [0.2, 0.25) is 0 Å². The van der Waals surface area contributed by atoms with E-state index in [1.165, 1.54) is 0 Å². The van der Waals surface area contributed by atoms with Crippen molar-refractivity contribution in [2.45, 2.75) is 0 Å². The molecule has 0 unspecified atom stereocenters. The molecule has 1 aromatic carbocycles. The van der Waals surface area contributed by atoms with E-state index in [9.17, 15) is 0 Å². The average Bonchev–Trinajstić information content (AvgIpc) is 3.07. The van der Waals surface area contributed by atoms with Crippen LogP contribution in [0.2, 0.25) is 0 Å². The molecular formula is C13H12N7Os-3. The van der Waals surface area contributed by atoms with Crippen molar-refractivity contribution in [2.75, 3.05) is 24.1 Å². The molecule has 0 spiro atoms. The van der Waals surface area contributed by atoms with Crippen LogP contribution >= 0.6 is 0 Å². The van der Waals surface area contributed by atoms with Gasteiger partial charge < -0.3 is 19.8 Å². The monoisotopic (exact) mass is 458 g/mol. The van der Waals surface area contributed by atoms with E-state index in [1.807, 2.05) is 37.2 Å². The van der Waals surface area contributed by atoms with Crippen molar-refractivity contribution in [2.24, 2.45) is 10.2 Å². The average molecular weight is 457 g/mol. The van der Waals surface area contributed by atoms with Gasteiger partial charge in [-0.3, -0.25) is 4.85 Å². The fourth-order valence-electron chi connectivity index (χ4n) is 1.82. The van der Waals surface area contributed by atoms with Gasteiger partial charge in [-0.05, 0) is 14.1 Å². The van der Waals surface area contributed by atoms with E-state index in [0.717, 1.165) is 0 Å². The molecule has 0 aliphatic carbocycles. The Morgan fingerprint density at radius 1 is 1.05 bits per heavy atom. The molecule has 7 nitrogen and oxygen atoms in total. The second-order valence-corrected chi connectivity index (χ2v) is 4.43. The van der Waals surface area contributed by atoms with Crippen molar-refractivity contribution in [3.63, 3.8) is 0 Å². The van der Waals surface area contributed by atoms with Gasteiger partial charge in [-0.15, -0.1) is 31.5 Å². The molecule has 0 radical (unpaired) electrons. The summed E-state index contributed by atoms with van der Waals surface area (Å²) in [6.45, 7) is 10.8. The SMILES string of the molecule is [C-]#[N+]c1cc(N2[CH-]N(C)C=N2)[c-]c(N2[CH-]N(C)C=N2)c1.[Os]. The summed E-state index contributed by atoms with van der Waals surface area (Å²) in [6, 6.07) is 6.70. The number of anilines is 2. The van der Waals surface area contributed by atoms with E-state index in [1.54, 1.807) is 34.8 Å². The van der Waals surface area contributed by atoms with Gasteiger partial charge in [-0.25, -0.2) is 0 Å². The first-order valence-corrected chi connectivity index (χ1v) is 5.91. The molecule has 8 heteroatoms. The van der Waals surface area contributed by atoms with E-state index in [2.05, 4.69) is 21.1 Å². The van der Waals surface area contributed by atoms with Crippen LogP contribution in [-0.4, -0.2) is 36.6 Å². The second-order valence-electron chi connectivity index (χ2n) is 4.43. The van der Waals surface area contributed by atoms with Crippen molar-refractivity contribution in [3.8, 4) is 0 Å². The minimum absolute atomic E-state index is 0. The summed E-state index contributed by atoms with van der Waals surface area (Å²) in [5.74, 6) is 0. The number of nitrogens with zero attached hydrogens (tertiary/aromatic N) is 7. The van der Waals surface area contributed by atoms with Gasteiger partial charge in [0.1, 0.15) is 0 Å². The first kappa shape index (κ1) is 15.3. The first-order chi connectivity index (χ1) is 9.65. The van der Waals surface area contributed by atoms with Crippen molar-refractivity contribution in [1.29, 1.82) is 0 Å². The molecule has 3 rings (SSSR count). The van der Waals surface area contributed by atoms with Crippen LogP contribution in [0.15, 0.2) is 22.3 Å². The molecule has 0 saturated carbocycles. The summed E-state index contributed by atoms with van der Waals surface area (Å²) in [7, 11) is 3.77. The second kappa shape index (κ2) is 6.11. The van der Waals surface area contributed by atoms with Gasteiger partial charge in [-0.1, -0.05) is 11.4 Å². The summed E-state index contributed by atoms with van der Waals surface area (Å²) in [4.78, 5) is 7.14. The Labute approximate surface area is 137 Å². The smallest absolute Gasteiger partial charge is 0.0899 e. The van der Waals surface area contributed by atoms with Crippen molar-refractivity contribution in [1.82, 2.24) is 9.80 Å². The van der Waals surface area contributed by atoms with Crippen molar-refractivity contribution in [3.05, 3.63) is 43.0 Å². The van der Waals surface area contributed by atoms with Gasteiger partial charge in [0.25, 0.3) is 0 Å². The molecule has 2 aliphatic heterocycles. The first-order valence-electron chi connectivity index (χ1n) is 5.91. The molecule has 0 amide bonds. The van der Waals surface area contributed by atoms with E-state index in [0.29, 0.717) is 17.1 Å². The van der Waals surface area contributed by atoms with Crippen LogP contribution in [0.4, 0.5) is 17.1 Å². The predicted octanol–water partition coefficient (Wildman–Crippen LogP) is 1.66. The Hall–Kier alpha value is -2.11. The van der Waals surface area contributed by atoms with Crippen LogP contribution in [0.5, 0.6) is 0 Å². The molecule has 0 aromatic heterocycles. The van der Waals surface area contributed by atoms with E-state index in [4.69, 9.17) is 6.57 Å². The van der Waals surface area contributed by atoms with E-state index < -0.39 is 0 Å². The summed E-state index contributed by atoms with van der Waals surface area (Å²) in [5, 5.41) is 11.8. The van der Waals surface area contributed by atoms with Gasteiger partial charge in [-0.2, -0.15) is 10.2 Å². The number of hydrogen-bond acceptors (Lipinski definition) is 6. The molecule has 0 N–H and O–H groups in total. The summed E-state index contributed by atoms with van der Waals surface area (Å²) >= 11 is 0. The minimum atomic E-state index is 0. The fraction of sp³-hybridized carbons (Fsp3) is 0.154. The Bertz CT molecular complexity index is 577. The van der Waals surface area contributed by atoms with Gasteiger partial charge >= 0.3 is 0 Å². The number of benzene rings is 1. The van der Waals surface area contributed by atoms with Crippen LogP contribution in [-0.2, 0) is 19.8 Å². The maximum atomic E-state index is 7.21. The van der Waals surface area contributed by atoms with Gasteiger partial charge in [0.15, 0.2) is 0 Å². The summed E-state index contributed by atoms with van der Waals surface area (Å²) in [5.41, 5.74) is 1.92. The number of hydrogen-bond donors (Lipinski definition) is 0.